The standard InChI is InChI=1S/C13H17ClN2O3/c1-8(13(18)19-3)7-16(2)12(17)9-5-4-6-10(15)11(9)14/h4-6,8H,7,15H2,1-3H3. The molecule has 1 aromatic rings. The lowest BCUT2D eigenvalue weighted by Gasteiger charge is -2.21. The number of methoxy groups -OCH3 is 1. The summed E-state index contributed by atoms with van der Waals surface area (Å²) < 4.78 is 4.62. The quantitative estimate of drug-likeness (QED) is 0.676. The first-order chi connectivity index (χ1) is 8.88. The summed E-state index contributed by atoms with van der Waals surface area (Å²) in [6.07, 6.45) is 0. The van der Waals surface area contributed by atoms with Crippen molar-refractivity contribution in [2.75, 3.05) is 26.4 Å². The number of hydrogen-bond acceptors (Lipinski definition) is 4. The first kappa shape index (κ1) is 15.3. The Hall–Kier alpha value is -1.75. The maximum Gasteiger partial charge on any atom is 0.310 e. The van der Waals surface area contributed by atoms with Crippen molar-refractivity contribution in [1.82, 2.24) is 4.90 Å². The number of nitrogens with zero attached hydrogens (tertiary/aromatic N) is 1. The van der Waals surface area contributed by atoms with Crippen molar-refractivity contribution in [3.8, 4) is 0 Å². The number of carbonyl (C=O) groups is 2. The maximum absolute atomic E-state index is 12.2. The highest BCUT2D eigenvalue weighted by molar-refractivity contribution is 6.36. The molecule has 104 valence electrons. The predicted molar refractivity (Wildman–Crippen MR) is 74.0 cm³/mol. The van der Waals surface area contributed by atoms with Crippen molar-refractivity contribution in [3.63, 3.8) is 0 Å². The molecule has 1 rings (SSSR count). The van der Waals surface area contributed by atoms with Crippen molar-refractivity contribution >= 4 is 29.2 Å². The molecule has 0 aromatic heterocycles. The van der Waals surface area contributed by atoms with E-state index in [1.165, 1.54) is 12.0 Å². The molecule has 1 atom stereocenters. The van der Waals surface area contributed by atoms with Crippen LogP contribution in [0.4, 0.5) is 5.69 Å². The fraction of sp³-hybridized carbons (Fsp3) is 0.385. The Labute approximate surface area is 117 Å². The van der Waals surface area contributed by atoms with E-state index in [2.05, 4.69) is 4.74 Å². The van der Waals surface area contributed by atoms with E-state index in [0.717, 1.165) is 0 Å². The lowest BCUT2D eigenvalue weighted by atomic mass is 10.1. The average molecular weight is 285 g/mol. The van der Waals surface area contributed by atoms with E-state index in [4.69, 9.17) is 17.3 Å². The fourth-order valence-corrected chi connectivity index (χ4v) is 1.90. The normalized spacial score (nSPS) is 11.8. The summed E-state index contributed by atoms with van der Waals surface area (Å²) in [5.74, 6) is -1.05. The third kappa shape index (κ3) is 3.61. The molecular formula is C13H17ClN2O3. The van der Waals surface area contributed by atoms with E-state index in [-0.39, 0.29) is 23.4 Å². The number of carbonyl (C=O) groups excluding carboxylic acids is 2. The van der Waals surface area contributed by atoms with Crippen LogP contribution in [0.15, 0.2) is 18.2 Å². The third-order valence-corrected chi connectivity index (χ3v) is 3.18. The van der Waals surface area contributed by atoms with Gasteiger partial charge < -0.3 is 15.4 Å². The lowest BCUT2D eigenvalue weighted by Crippen LogP contribution is -2.34. The van der Waals surface area contributed by atoms with Gasteiger partial charge in [-0.15, -0.1) is 0 Å². The van der Waals surface area contributed by atoms with Gasteiger partial charge in [0, 0.05) is 13.6 Å². The molecule has 0 aliphatic carbocycles. The smallest absolute Gasteiger partial charge is 0.310 e. The molecule has 0 saturated heterocycles. The molecule has 1 unspecified atom stereocenters. The second-order valence-corrected chi connectivity index (χ2v) is 4.70. The molecule has 0 spiro atoms. The molecular weight excluding hydrogens is 268 g/mol. The van der Waals surface area contributed by atoms with Gasteiger partial charge >= 0.3 is 5.97 Å². The van der Waals surface area contributed by atoms with Crippen LogP contribution in [-0.2, 0) is 9.53 Å². The molecule has 0 aliphatic heterocycles. The zero-order valence-corrected chi connectivity index (χ0v) is 11.9. The van der Waals surface area contributed by atoms with Gasteiger partial charge in [0.2, 0.25) is 0 Å². The number of nitrogen functional groups attached to an aromatic ring is 1. The second-order valence-electron chi connectivity index (χ2n) is 4.32. The minimum absolute atomic E-state index is 0.227. The molecule has 1 aromatic carbocycles. The van der Waals surface area contributed by atoms with Gasteiger partial charge in [0.1, 0.15) is 0 Å². The van der Waals surface area contributed by atoms with Crippen LogP contribution >= 0.6 is 11.6 Å². The highest BCUT2D eigenvalue weighted by Crippen LogP contribution is 2.24. The van der Waals surface area contributed by atoms with Gasteiger partial charge in [0.25, 0.3) is 5.91 Å². The Balaban J connectivity index is 2.83. The number of nitrogens with two attached hydrogens (primary N) is 1. The topological polar surface area (TPSA) is 72.6 Å². The van der Waals surface area contributed by atoms with Crippen LogP contribution in [0.1, 0.15) is 17.3 Å². The van der Waals surface area contributed by atoms with E-state index in [9.17, 15) is 9.59 Å². The zero-order valence-electron chi connectivity index (χ0n) is 11.1. The van der Waals surface area contributed by atoms with E-state index < -0.39 is 5.92 Å². The van der Waals surface area contributed by atoms with E-state index in [1.807, 2.05) is 0 Å². The van der Waals surface area contributed by atoms with Crippen molar-refractivity contribution in [2.24, 2.45) is 5.92 Å². The van der Waals surface area contributed by atoms with Gasteiger partial charge in [-0.3, -0.25) is 9.59 Å². The van der Waals surface area contributed by atoms with Crippen LogP contribution < -0.4 is 5.73 Å². The summed E-state index contributed by atoms with van der Waals surface area (Å²) in [4.78, 5) is 24.9. The first-order valence-corrected chi connectivity index (χ1v) is 6.13. The van der Waals surface area contributed by atoms with Crippen molar-refractivity contribution in [2.45, 2.75) is 6.92 Å². The third-order valence-electron chi connectivity index (χ3n) is 2.76. The molecule has 0 aliphatic rings. The van der Waals surface area contributed by atoms with Crippen molar-refractivity contribution in [1.29, 1.82) is 0 Å². The van der Waals surface area contributed by atoms with Gasteiger partial charge in [0.15, 0.2) is 0 Å². The van der Waals surface area contributed by atoms with E-state index >= 15 is 0 Å². The number of esters is 1. The summed E-state index contributed by atoms with van der Waals surface area (Å²) in [5.41, 5.74) is 6.32. The Morgan fingerprint density at radius 1 is 1.47 bits per heavy atom. The predicted octanol–water partition coefficient (Wildman–Crippen LogP) is 1.80. The highest BCUT2D eigenvalue weighted by atomic mass is 35.5. The molecule has 19 heavy (non-hydrogen) atoms. The number of hydrogen-bond donors (Lipinski definition) is 1. The zero-order chi connectivity index (χ0) is 14.6. The van der Waals surface area contributed by atoms with Crippen LogP contribution in [0.3, 0.4) is 0 Å². The van der Waals surface area contributed by atoms with Gasteiger partial charge in [-0.25, -0.2) is 0 Å². The maximum atomic E-state index is 12.2. The van der Waals surface area contributed by atoms with E-state index in [1.54, 1.807) is 32.2 Å². The number of anilines is 1. The summed E-state index contributed by atoms with van der Waals surface area (Å²) in [5, 5.41) is 0.227. The molecule has 0 fully saturated rings. The highest BCUT2D eigenvalue weighted by Gasteiger charge is 2.21. The van der Waals surface area contributed by atoms with Crippen molar-refractivity contribution in [3.05, 3.63) is 28.8 Å². The molecule has 0 bridgehead atoms. The Kier molecular flexibility index (Phi) is 5.18. The fourth-order valence-electron chi connectivity index (χ4n) is 1.69. The van der Waals surface area contributed by atoms with E-state index in [0.29, 0.717) is 11.3 Å². The van der Waals surface area contributed by atoms with Crippen LogP contribution in [-0.4, -0.2) is 37.5 Å². The largest absolute Gasteiger partial charge is 0.469 e. The van der Waals surface area contributed by atoms with Crippen LogP contribution in [0.5, 0.6) is 0 Å². The molecule has 2 N–H and O–H groups in total. The van der Waals surface area contributed by atoms with Crippen LogP contribution in [0.25, 0.3) is 0 Å². The van der Waals surface area contributed by atoms with Crippen LogP contribution in [0, 0.1) is 5.92 Å². The molecule has 6 heteroatoms. The van der Waals surface area contributed by atoms with Crippen molar-refractivity contribution < 1.29 is 14.3 Å². The lowest BCUT2D eigenvalue weighted by molar-refractivity contribution is -0.145. The summed E-state index contributed by atoms with van der Waals surface area (Å²) in [6, 6.07) is 4.88. The summed E-state index contributed by atoms with van der Waals surface area (Å²) in [7, 11) is 2.91. The molecule has 0 heterocycles. The average Bonchev–Trinajstić information content (AvgIpc) is 2.39. The Morgan fingerprint density at radius 2 is 2.11 bits per heavy atom. The number of rotatable bonds is 4. The van der Waals surface area contributed by atoms with Crippen LogP contribution in [0.2, 0.25) is 5.02 Å². The summed E-state index contributed by atoms with van der Waals surface area (Å²) >= 11 is 5.99. The minimum Gasteiger partial charge on any atom is -0.469 e. The molecule has 5 nitrogen and oxygen atoms in total. The number of halogens is 1. The number of ether oxygens (including phenoxy) is 1. The second kappa shape index (κ2) is 6.43. The molecule has 1 amide bonds. The first-order valence-electron chi connectivity index (χ1n) is 5.75. The number of amides is 1. The van der Waals surface area contributed by atoms with Gasteiger partial charge in [-0.2, -0.15) is 0 Å². The molecule has 0 radical (unpaired) electrons. The monoisotopic (exact) mass is 284 g/mol. The SMILES string of the molecule is COC(=O)C(C)CN(C)C(=O)c1cccc(N)c1Cl. The molecule has 0 saturated carbocycles. The Morgan fingerprint density at radius 3 is 2.68 bits per heavy atom. The number of benzene rings is 1. The summed E-state index contributed by atoms with van der Waals surface area (Å²) in [6.45, 7) is 1.94. The van der Waals surface area contributed by atoms with Gasteiger partial charge in [-0.1, -0.05) is 24.6 Å². The van der Waals surface area contributed by atoms with Gasteiger partial charge in [-0.05, 0) is 12.1 Å². The Bertz CT molecular complexity index is 491. The minimum atomic E-state index is -0.404. The van der Waals surface area contributed by atoms with Gasteiger partial charge in [0.05, 0.1) is 29.3 Å².